The van der Waals surface area contributed by atoms with E-state index in [0.29, 0.717) is 21.9 Å². The van der Waals surface area contributed by atoms with Crippen molar-refractivity contribution in [2.75, 3.05) is 18.5 Å². The minimum absolute atomic E-state index is 0.166. The van der Waals surface area contributed by atoms with E-state index in [0.717, 1.165) is 16.7 Å². The number of hydrogen-bond donors (Lipinski definition) is 1. The first-order valence-corrected chi connectivity index (χ1v) is 9.33. The standard InChI is InChI=1S/C21H18N2O4S/c1-2-12-23-20(25)18(28-21(23)26)13-15-8-6-7-11-17(15)27-14-19(24)22-16-9-4-3-5-10-16/h2-11,13H,1,12,14H2,(H,22,24)/b18-13-. The number of carbonyl (C=O) groups excluding carboxylic acids is 3. The maximum absolute atomic E-state index is 12.4. The Labute approximate surface area is 166 Å². The Kier molecular flexibility index (Phi) is 6.29. The number of anilines is 1. The Morgan fingerprint density at radius 1 is 1.11 bits per heavy atom. The van der Waals surface area contributed by atoms with E-state index in [4.69, 9.17) is 4.74 Å². The van der Waals surface area contributed by atoms with Crippen LogP contribution < -0.4 is 10.1 Å². The van der Waals surface area contributed by atoms with Gasteiger partial charge in [0.15, 0.2) is 6.61 Å². The number of thioether (sulfide) groups is 1. The molecule has 7 heteroatoms. The number of ether oxygens (including phenoxy) is 1. The molecule has 0 atom stereocenters. The van der Waals surface area contributed by atoms with Gasteiger partial charge in [0.1, 0.15) is 5.75 Å². The lowest BCUT2D eigenvalue weighted by Gasteiger charge is -2.10. The van der Waals surface area contributed by atoms with Crippen molar-refractivity contribution >= 4 is 40.6 Å². The van der Waals surface area contributed by atoms with Crippen LogP contribution in [0.5, 0.6) is 5.75 Å². The van der Waals surface area contributed by atoms with E-state index in [1.54, 1.807) is 42.5 Å². The summed E-state index contributed by atoms with van der Waals surface area (Å²) in [5.41, 5.74) is 1.29. The van der Waals surface area contributed by atoms with Crippen LogP contribution >= 0.6 is 11.8 Å². The number of imide groups is 1. The summed E-state index contributed by atoms with van der Waals surface area (Å²) >= 11 is 0.867. The molecular weight excluding hydrogens is 376 g/mol. The van der Waals surface area contributed by atoms with Gasteiger partial charge < -0.3 is 10.1 Å². The van der Waals surface area contributed by atoms with Gasteiger partial charge in [-0.2, -0.15) is 0 Å². The van der Waals surface area contributed by atoms with Gasteiger partial charge in [-0.3, -0.25) is 19.3 Å². The van der Waals surface area contributed by atoms with Crippen LogP contribution in [0.15, 0.2) is 72.2 Å². The van der Waals surface area contributed by atoms with Gasteiger partial charge in [-0.1, -0.05) is 42.5 Å². The maximum atomic E-state index is 12.4. The number of nitrogens with one attached hydrogen (secondary N) is 1. The molecule has 1 saturated heterocycles. The second kappa shape index (κ2) is 9.05. The van der Waals surface area contributed by atoms with Gasteiger partial charge in [0, 0.05) is 17.8 Å². The van der Waals surface area contributed by atoms with Crippen LogP contribution in [0.2, 0.25) is 0 Å². The van der Waals surface area contributed by atoms with Crippen molar-refractivity contribution in [1.82, 2.24) is 4.90 Å². The highest BCUT2D eigenvalue weighted by molar-refractivity contribution is 8.18. The summed E-state index contributed by atoms with van der Waals surface area (Å²) in [5, 5.41) is 2.40. The zero-order valence-corrected chi connectivity index (χ0v) is 15.8. The van der Waals surface area contributed by atoms with Crippen LogP contribution in [0.3, 0.4) is 0 Å². The summed E-state index contributed by atoms with van der Waals surface area (Å²) in [6, 6.07) is 16.1. The third kappa shape index (κ3) is 4.69. The number of para-hydroxylation sites is 2. The minimum atomic E-state index is -0.369. The first-order chi connectivity index (χ1) is 13.6. The fourth-order valence-electron chi connectivity index (χ4n) is 2.52. The predicted molar refractivity (Wildman–Crippen MR) is 110 cm³/mol. The molecule has 1 aliphatic heterocycles. The van der Waals surface area contributed by atoms with Crippen LogP contribution in [0.1, 0.15) is 5.56 Å². The molecule has 0 aromatic heterocycles. The first kappa shape index (κ1) is 19.4. The van der Waals surface area contributed by atoms with Gasteiger partial charge in [-0.25, -0.2) is 0 Å². The predicted octanol–water partition coefficient (Wildman–Crippen LogP) is 3.93. The molecule has 0 bridgehead atoms. The van der Waals surface area contributed by atoms with Crippen molar-refractivity contribution in [1.29, 1.82) is 0 Å². The number of benzene rings is 2. The summed E-state index contributed by atoms with van der Waals surface area (Å²) in [5.74, 6) is -0.222. The number of rotatable bonds is 7. The highest BCUT2D eigenvalue weighted by atomic mass is 32.2. The van der Waals surface area contributed by atoms with Crippen molar-refractivity contribution in [2.24, 2.45) is 0 Å². The first-order valence-electron chi connectivity index (χ1n) is 8.51. The molecule has 0 spiro atoms. The molecule has 2 aromatic carbocycles. The van der Waals surface area contributed by atoms with E-state index in [1.165, 1.54) is 6.08 Å². The van der Waals surface area contributed by atoms with Crippen LogP contribution in [-0.2, 0) is 9.59 Å². The Bertz CT molecular complexity index is 940. The van der Waals surface area contributed by atoms with Crippen LogP contribution in [0, 0.1) is 0 Å². The minimum Gasteiger partial charge on any atom is -0.483 e. The van der Waals surface area contributed by atoms with Crippen molar-refractivity contribution in [3.8, 4) is 5.75 Å². The molecule has 0 unspecified atom stereocenters. The summed E-state index contributed by atoms with van der Waals surface area (Å²) in [7, 11) is 0. The third-order valence-corrected chi connectivity index (χ3v) is 4.71. The molecular formula is C21H18N2O4S. The average Bonchev–Trinajstić information content (AvgIpc) is 2.96. The fraction of sp³-hybridized carbons (Fsp3) is 0.0952. The molecule has 3 amide bonds. The molecule has 1 fully saturated rings. The Balaban J connectivity index is 1.70. The molecule has 28 heavy (non-hydrogen) atoms. The fourth-order valence-corrected chi connectivity index (χ4v) is 3.36. The Hall–Kier alpha value is -3.32. The second-order valence-electron chi connectivity index (χ2n) is 5.82. The average molecular weight is 394 g/mol. The van der Waals surface area contributed by atoms with Crippen molar-refractivity contribution < 1.29 is 19.1 Å². The smallest absolute Gasteiger partial charge is 0.293 e. The Morgan fingerprint density at radius 3 is 2.57 bits per heavy atom. The largest absolute Gasteiger partial charge is 0.483 e. The lowest BCUT2D eigenvalue weighted by molar-refractivity contribution is -0.122. The number of hydrogen-bond acceptors (Lipinski definition) is 5. The summed E-state index contributed by atoms with van der Waals surface area (Å²) in [6.07, 6.45) is 3.10. The molecule has 142 valence electrons. The molecule has 0 aliphatic carbocycles. The lowest BCUT2D eigenvalue weighted by atomic mass is 10.2. The van der Waals surface area contributed by atoms with Gasteiger partial charge >= 0.3 is 0 Å². The van der Waals surface area contributed by atoms with Crippen LogP contribution in [0.25, 0.3) is 6.08 Å². The van der Waals surface area contributed by atoms with E-state index in [9.17, 15) is 14.4 Å². The van der Waals surface area contributed by atoms with Crippen molar-refractivity contribution in [3.05, 3.63) is 77.7 Å². The van der Waals surface area contributed by atoms with Gasteiger partial charge in [0.05, 0.1) is 4.91 Å². The molecule has 0 radical (unpaired) electrons. The molecule has 0 saturated carbocycles. The highest BCUT2D eigenvalue weighted by Gasteiger charge is 2.34. The molecule has 2 aromatic rings. The summed E-state index contributed by atoms with van der Waals surface area (Å²) < 4.78 is 5.63. The maximum Gasteiger partial charge on any atom is 0.293 e. The van der Waals surface area contributed by atoms with Crippen molar-refractivity contribution in [3.63, 3.8) is 0 Å². The highest BCUT2D eigenvalue weighted by Crippen LogP contribution is 2.33. The van der Waals surface area contributed by atoms with Crippen LogP contribution in [-0.4, -0.2) is 35.1 Å². The molecule has 1 heterocycles. The summed E-state index contributed by atoms with van der Waals surface area (Å²) in [6.45, 7) is 3.54. The van der Waals surface area contributed by atoms with Crippen molar-refractivity contribution in [2.45, 2.75) is 0 Å². The lowest BCUT2D eigenvalue weighted by Crippen LogP contribution is -2.27. The Morgan fingerprint density at radius 2 is 1.82 bits per heavy atom. The van der Waals surface area contributed by atoms with Gasteiger partial charge in [0.25, 0.3) is 17.1 Å². The number of nitrogens with zero attached hydrogens (tertiary/aromatic N) is 1. The van der Waals surface area contributed by atoms with Gasteiger partial charge in [-0.05, 0) is 36.0 Å². The zero-order chi connectivity index (χ0) is 19.9. The quantitative estimate of drug-likeness (QED) is 0.569. The topological polar surface area (TPSA) is 75.7 Å². The van der Waals surface area contributed by atoms with E-state index < -0.39 is 0 Å². The normalized spacial score (nSPS) is 15.0. The third-order valence-electron chi connectivity index (χ3n) is 3.81. The van der Waals surface area contributed by atoms with Gasteiger partial charge in [0.2, 0.25) is 0 Å². The summed E-state index contributed by atoms with van der Waals surface area (Å²) in [4.78, 5) is 37.8. The van der Waals surface area contributed by atoms with E-state index in [-0.39, 0.29) is 30.2 Å². The monoisotopic (exact) mass is 394 g/mol. The zero-order valence-electron chi connectivity index (χ0n) is 15.0. The number of carbonyl (C=O) groups is 3. The second-order valence-corrected chi connectivity index (χ2v) is 6.81. The molecule has 1 N–H and O–H groups in total. The van der Waals surface area contributed by atoms with Crippen LogP contribution in [0.4, 0.5) is 10.5 Å². The molecule has 6 nitrogen and oxygen atoms in total. The number of amides is 3. The SMILES string of the molecule is C=CCN1C(=O)S/C(=C\c2ccccc2OCC(=O)Nc2ccccc2)C1=O. The molecule has 1 aliphatic rings. The van der Waals surface area contributed by atoms with E-state index in [1.807, 2.05) is 18.2 Å². The van der Waals surface area contributed by atoms with E-state index >= 15 is 0 Å². The molecule has 3 rings (SSSR count). The van der Waals surface area contributed by atoms with E-state index in [2.05, 4.69) is 11.9 Å². The van der Waals surface area contributed by atoms with Gasteiger partial charge in [-0.15, -0.1) is 6.58 Å².